The van der Waals surface area contributed by atoms with Crippen LogP contribution in [-0.4, -0.2) is 21.6 Å². The minimum atomic E-state index is -0.241. The van der Waals surface area contributed by atoms with Crippen LogP contribution in [0.5, 0.6) is 0 Å². The molecule has 1 aromatic heterocycles. The van der Waals surface area contributed by atoms with E-state index in [-0.39, 0.29) is 17.5 Å². The first-order valence-electron chi connectivity index (χ1n) is 10.9. The number of hydrogen-bond donors (Lipinski definition) is 1. The Kier molecular flexibility index (Phi) is 5.68. The fourth-order valence-electron chi connectivity index (χ4n) is 4.43. The van der Waals surface area contributed by atoms with Crippen LogP contribution in [0.25, 0.3) is 22.0 Å². The van der Waals surface area contributed by atoms with Crippen LogP contribution >= 0.6 is 15.9 Å². The third-order valence-electron chi connectivity index (χ3n) is 5.98. The van der Waals surface area contributed by atoms with Gasteiger partial charge in [0.2, 0.25) is 5.91 Å². The van der Waals surface area contributed by atoms with Crippen molar-refractivity contribution in [2.75, 3.05) is 0 Å². The molecule has 4 aromatic rings. The molecule has 0 bridgehead atoms. The van der Waals surface area contributed by atoms with E-state index in [9.17, 15) is 9.59 Å². The fraction of sp³-hybridized carbons (Fsp3) is 0.148. The SMILES string of the molecule is CCC(=O)N1N=C(c2c(-c3ccccc3)c3cc(Br)ccc3[nH]c2=O)C[C@@H]1c1ccccc1. The minimum absolute atomic E-state index is 0.0694. The maximum Gasteiger partial charge on any atom is 0.258 e. The molecular weight excluding hydrogens is 478 g/mol. The number of carbonyl (C=O) groups is 1. The van der Waals surface area contributed by atoms with E-state index in [0.717, 1.165) is 32.1 Å². The molecule has 2 heterocycles. The van der Waals surface area contributed by atoms with Gasteiger partial charge in [0.25, 0.3) is 5.56 Å². The molecule has 1 atom stereocenters. The summed E-state index contributed by atoms with van der Waals surface area (Å²) in [5.41, 5.74) is 4.43. The highest BCUT2D eigenvalue weighted by molar-refractivity contribution is 9.10. The average Bonchev–Trinajstić information content (AvgIpc) is 3.29. The number of nitrogens with zero attached hydrogens (tertiary/aromatic N) is 2. The van der Waals surface area contributed by atoms with Gasteiger partial charge in [0.1, 0.15) is 0 Å². The number of hydrazone groups is 1. The van der Waals surface area contributed by atoms with Crippen molar-refractivity contribution in [1.29, 1.82) is 0 Å². The van der Waals surface area contributed by atoms with Gasteiger partial charge < -0.3 is 4.98 Å². The van der Waals surface area contributed by atoms with Gasteiger partial charge >= 0.3 is 0 Å². The van der Waals surface area contributed by atoms with Crippen LogP contribution in [-0.2, 0) is 4.79 Å². The minimum Gasteiger partial charge on any atom is -0.321 e. The third kappa shape index (κ3) is 3.91. The number of aromatic nitrogens is 1. The Morgan fingerprint density at radius 3 is 2.42 bits per heavy atom. The van der Waals surface area contributed by atoms with E-state index in [1.165, 1.54) is 0 Å². The van der Waals surface area contributed by atoms with Crippen molar-refractivity contribution in [2.45, 2.75) is 25.8 Å². The molecule has 1 amide bonds. The highest BCUT2D eigenvalue weighted by Crippen LogP contribution is 2.37. The molecule has 6 heteroatoms. The molecule has 0 spiro atoms. The van der Waals surface area contributed by atoms with Crippen LogP contribution in [0.2, 0.25) is 0 Å². The Morgan fingerprint density at radius 2 is 1.73 bits per heavy atom. The number of aromatic amines is 1. The first-order valence-corrected chi connectivity index (χ1v) is 11.7. The van der Waals surface area contributed by atoms with E-state index in [2.05, 4.69) is 20.9 Å². The smallest absolute Gasteiger partial charge is 0.258 e. The lowest BCUT2D eigenvalue weighted by Gasteiger charge is -2.21. The first-order chi connectivity index (χ1) is 16.1. The van der Waals surface area contributed by atoms with Crippen LogP contribution in [0.15, 0.2) is 93.2 Å². The molecule has 0 saturated carbocycles. The Morgan fingerprint density at radius 1 is 1.03 bits per heavy atom. The number of benzene rings is 3. The van der Waals surface area contributed by atoms with Gasteiger partial charge in [-0.2, -0.15) is 5.10 Å². The molecule has 1 aliphatic heterocycles. The van der Waals surface area contributed by atoms with Gasteiger partial charge in [0.05, 0.1) is 17.3 Å². The standard InChI is InChI=1S/C27H22BrN3O2/c1-2-24(32)31-23(17-9-5-3-6-10-17)16-22(30-31)26-25(18-11-7-4-8-12-18)20-15-19(28)13-14-21(20)29-27(26)33/h3-15,23H,2,16H2,1H3,(H,29,33)/t23-/m1/s1. The molecule has 5 nitrogen and oxygen atoms in total. The zero-order chi connectivity index (χ0) is 22.9. The molecule has 33 heavy (non-hydrogen) atoms. The van der Waals surface area contributed by atoms with Crippen molar-refractivity contribution in [1.82, 2.24) is 9.99 Å². The summed E-state index contributed by atoms with van der Waals surface area (Å²) in [6.07, 6.45) is 0.810. The van der Waals surface area contributed by atoms with Crippen molar-refractivity contribution < 1.29 is 4.79 Å². The van der Waals surface area contributed by atoms with Gasteiger partial charge in [0.15, 0.2) is 0 Å². The summed E-state index contributed by atoms with van der Waals surface area (Å²) in [7, 11) is 0. The van der Waals surface area contributed by atoms with Crippen molar-refractivity contribution >= 4 is 38.5 Å². The largest absolute Gasteiger partial charge is 0.321 e. The van der Waals surface area contributed by atoms with Gasteiger partial charge in [-0.25, -0.2) is 5.01 Å². The molecule has 0 unspecified atom stereocenters. The molecular formula is C27H22BrN3O2. The maximum absolute atomic E-state index is 13.4. The number of halogens is 1. The van der Waals surface area contributed by atoms with E-state index >= 15 is 0 Å². The van der Waals surface area contributed by atoms with Gasteiger partial charge in [-0.05, 0) is 29.3 Å². The second-order valence-corrected chi connectivity index (χ2v) is 8.94. The van der Waals surface area contributed by atoms with Crippen molar-refractivity contribution in [3.8, 4) is 11.1 Å². The Balaban J connectivity index is 1.75. The number of fused-ring (bicyclic) bond motifs is 1. The van der Waals surface area contributed by atoms with Crippen LogP contribution in [0.3, 0.4) is 0 Å². The molecule has 164 valence electrons. The summed E-state index contributed by atoms with van der Waals surface area (Å²) in [5.74, 6) is -0.0694. The quantitative estimate of drug-likeness (QED) is 0.371. The molecule has 0 radical (unpaired) electrons. The molecule has 0 saturated heterocycles. The fourth-order valence-corrected chi connectivity index (χ4v) is 4.79. The third-order valence-corrected chi connectivity index (χ3v) is 6.47. The lowest BCUT2D eigenvalue weighted by Crippen LogP contribution is -2.26. The normalized spacial score (nSPS) is 15.6. The molecule has 3 aromatic carbocycles. The van der Waals surface area contributed by atoms with Gasteiger partial charge in [-0.15, -0.1) is 0 Å². The highest BCUT2D eigenvalue weighted by Gasteiger charge is 2.34. The molecule has 0 fully saturated rings. The second kappa shape index (κ2) is 8.79. The van der Waals surface area contributed by atoms with Crippen LogP contribution in [0, 0.1) is 0 Å². The maximum atomic E-state index is 13.4. The summed E-state index contributed by atoms with van der Waals surface area (Å²) >= 11 is 3.57. The summed E-state index contributed by atoms with van der Waals surface area (Å²) in [6.45, 7) is 1.83. The van der Waals surface area contributed by atoms with Gasteiger partial charge in [-0.3, -0.25) is 9.59 Å². The van der Waals surface area contributed by atoms with Gasteiger partial charge in [-0.1, -0.05) is 83.5 Å². The van der Waals surface area contributed by atoms with Crippen LogP contribution in [0.1, 0.15) is 36.9 Å². The summed E-state index contributed by atoms with van der Waals surface area (Å²) < 4.78 is 0.920. The van der Waals surface area contributed by atoms with E-state index in [1.807, 2.05) is 85.8 Å². The predicted octanol–water partition coefficient (Wildman–Crippen LogP) is 6.05. The summed E-state index contributed by atoms with van der Waals surface area (Å²) in [6, 6.07) is 25.3. The number of hydrogen-bond acceptors (Lipinski definition) is 3. The Labute approximate surface area is 199 Å². The zero-order valence-electron chi connectivity index (χ0n) is 18.1. The van der Waals surface area contributed by atoms with E-state index in [0.29, 0.717) is 24.1 Å². The predicted molar refractivity (Wildman–Crippen MR) is 135 cm³/mol. The number of H-pyrrole nitrogens is 1. The van der Waals surface area contributed by atoms with E-state index < -0.39 is 0 Å². The molecule has 5 rings (SSSR count). The number of carbonyl (C=O) groups excluding carboxylic acids is 1. The van der Waals surface area contributed by atoms with E-state index in [1.54, 1.807) is 5.01 Å². The monoisotopic (exact) mass is 499 g/mol. The number of amides is 1. The summed E-state index contributed by atoms with van der Waals surface area (Å²) in [5, 5.41) is 7.20. The van der Waals surface area contributed by atoms with Gasteiger partial charge in [0, 0.05) is 33.8 Å². The number of pyridine rings is 1. The van der Waals surface area contributed by atoms with Crippen LogP contribution in [0.4, 0.5) is 0 Å². The molecule has 0 aliphatic carbocycles. The topological polar surface area (TPSA) is 65.5 Å². The van der Waals surface area contributed by atoms with Crippen molar-refractivity contribution in [3.63, 3.8) is 0 Å². The second-order valence-electron chi connectivity index (χ2n) is 8.03. The average molecular weight is 500 g/mol. The van der Waals surface area contributed by atoms with Crippen molar-refractivity contribution in [2.24, 2.45) is 5.10 Å². The lowest BCUT2D eigenvalue weighted by atomic mass is 9.91. The summed E-state index contributed by atoms with van der Waals surface area (Å²) in [4.78, 5) is 29.3. The number of nitrogens with one attached hydrogen (secondary N) is 1. The Hall–Kier alpha value is -3.51. The molecule has 1 aliphatic rings. The zero-order valence-corrected chi connectivity index (χ0v) is 19.7. The number of rotatable bonds is 4. The van der Waals surface area contributed by atoms with E-state index in [4.69, 9.17) is 5.10 Å². The first kappa shape index (κ1) is 21.3. The van der Waals surface area contributed by atoms with Crippen molar-refractivity contribution in [3.05, 3.63) is 105 Å². The highest BCUT2D eigenvalue weighted by atomic mass is 79.9. The molecule has 1 N–H and O–H groups in total. The van der Waals surface area contributed by atoms with Crippen LogP contribution < -0.4 is 5.56 Å². The Bertz CT molecular complexity index is 1430. The lowest BCUT2D eigenvalue weighted by molar-refractivity contribution is -0.132.